The van der Waals surface area contributed by atoms with Gasteiger partial charge < -0.3 is 19.4 Å². The van der Waals surface area contributed by atoms with Crippen LogP contribution in [0.3, 0.4) is 0 Å². The monoisotopic (exact) mass is 784 g/mol. The minimum absolute atomic E-state index is 0. The van der Waals surface area contributed by atoms with E-state index in [1.165, 1.54) is 49.1 Å². The smallest absolute Gasteiger partial charge is 0.664 e. The van der Waals surface area contributed by atoms with E-state index in [1.807, 2.05) is 13.8 Å². The third-order valence-electron chi connectivity index (χ3n) is 7.67. The summed E-state index contributed by atoms with van der Waals surface area (Å²) in [6, 6.07) is 6.04. The number of aliphatic imine (C=N–C) groups is 2. The van der Waals surface area contributed by atoms with E-state index >= 15 is 0 Å². The van der Waals surface area contributed by atoms with Gasteiger partial charge >= 0.3 is 16.5 Å². The molecule has 2 aromatic carbocycles. The average Bonchev–Trinajstić information content (AvgIpc) is 3.99. The van der Waals surface area contributed by atoms with Gasteiger partial charge in [-0.1, -0.05) is 51.0 Å². The minimum Gasteiger partial charge on any atom is -0.664 e. The van der Waals surface area contributed by atoms with Gasteiger partial charge in [0.2, 0.25) is 23.3 Å². The Labute approximate surface area is 309 Å². The van der Waals surface area contributed by atoms with E-state index in [4.69, 9.17) is 9.47 Å². The molecule has 0 bridgehead atoms. The van der Waals surface area contributed by atoms with E-state index < -0.39 is 69.2 Å². The molecule has 0 atom stereocenters. The maximum Gasteiger partial charge on any atom is 2.00 e. The zero-order valence-electron chi connectivity index (χ0n) is 28.1. The molecule has 0 unspecified atom stereocenters. The van der Waals surface area contributed by atoms with Crippen LogP contribution in [0.1, 0.15) is 62.0 Å². The number of aromatic nitrogens is 2. The van der Waals surface area contributed by atoms with Crippen molar-refractivity contribution in [1.29, 1.82) is 0 Å². The number of benzene rings is 2. The maximum atomic E-state index is 14.7. The fraction of sp³-hybridized carbons (Fsp3) is 0.211. The Balaban J connectivity index is 0.000000232. The predicted molar refractivity (Wildman–Crippen MR) is 180 cm³/mol. The summed E-state index contributed by atoms with van der Waals surface area (Å²) in [7, 11) is 0. The van der Waals surface area contributed by atoms with Crippen molar-refractivity contribution in [2.24, 2.45) is 9.98 Å². The van der Waals surface area contributed by atoms with Crippen LogP contribution in [0.25, 0.3) is 11.1 Å². The summed E-state index contributed by atoms with van der Waals surface area (Å²) in [6.45, 7) is 3.60. The van der Waals surface area contributed by atoms with Gasteiger partial charge in [0.25, 0.3) is 0 Å². The topological polar surface area (TPSA) is 71.4 Å². The number of ether oxygens (including phenoxy) is 2. The van der Waals surface area contributed by atoms with Crippen LogP contribution in [0.4, 0.5) is 35.1 Å². The molecule has 6 rings (SSSR count). The van der Waals surface area contributed by atoms with E-state index in [-0.39, 0.29) is 63.6 Å². The molecule has 0 fully saturated rings. The Bertz CT molecular complexity index is 1870. The Morgan fingerprint density at radius 1 is 0.566 bits per heavy atom. The predicted octanol–water partition coefficient (Wildman–Crippen LogP) is 9.56. The standard InChI is InChI=1S/2C19H15F4N2O.Ni/c2*1-2-3-10-26-19-17(22)15(20)14(16(21)18(19)23)13(11-6-4-8-24-11)12-7-5-9-25-12;/h2*4-9H,2-3,10H2,1H3;/q2*-1;+2. The van der Waals surface area contributed by atoms with Crippen LogP contribution < -0.4 is 19.4 Å². The average molecular weight is 785 g/mol. The van der Waals surface area contributed by atoms with Gasteiger partial charge in [-0.15, -0.1) is 11.4 Å². The van der Waals surface area contributed by atoms with Gasteiger partial charge in [-0.2, -0.15) is 30.0 Å². The summed E-state index contributed by atoms with van der Waals surface area (Å²) in [5, 5.41) is 0. The summed E-state index contributed by atoms with van der Waals surface area (Å²) >= 11 is 0. The van der Waals surface area contributed by atoms with Crippen molar-refractivity contribution in [3.05, 3.63) is 141 Å². The Morgan fingerprint density at radius 3 is 1.19 bits per heavy atom. The summed E-state index contributed by atoms with van der Waals surface area (Å²) in [6.07, 6.45) is 14.1. The molecule has 6 nitrogen and oxygen atoms in total. The molecule has 4 aromatic rings. The molecule has 0 spiro atoms. The van der Waals surface area contributed by atoms with Crippen molar-refractivity contribution in [3.63, 3.8) is 0 Å². The maximum absolute atomic E-state index is 14.7. The van der Waals surface area contributed by atoms with Gasteiger partial charge in [0.05, 0.1) is 35.7 Å². The molecule has 280 valence electrons. The first kappa shape index (κ1) is 40.6. The van der Waals surface area contributed by atoms with E-state index in [2.05, 4.69) is 20.0 Å². The summed E-state index contributed by atoms with van der Waals surface area (Å²) in [5.41, 5.74) is -1.37. The second kappa shape index (κ2) is 18.5. The summed E-state index contributed by atoms with van der Waals surface area (Å²) < 4.78 is 126. The molecule has 0 N–H and O–H groups in total. The molecule has 0 saturated heterocycles. The van der Waals surface area contributed by atoms with Crippen molar-refractivity contribution < 1.29 is 61.1 Å². The molecule has 0 radical (unpaired) electrons. The van der Waals surface area contributed by atoms with Crippen LogP contribution in [-0.4, -0.2) is 25.6 Å². The summed E-state index contributed by atoms with van der Waals surface area (Å²) in [5.74, 6) is -14.6. The second-order valence-electron chi connectivity index (χ2n) is 11.2. The molecular formula is C38H30F8N4NiO2. The third-order valence-corrected chi connectivity index (χ3v) is 7.67. The molecule has 0 saturated carbocycles. The summed E-state index contributed by atoms with van der Waals surface area (Å²) in [4.78, 5) is 15.9. The zero-order chi connectivity index (χ0) is 37.4. The fourth-order valence-electron chi connectivity index (χ4n) is 5.12. The molecule has 2 aliphatic heterocycles. The fourth-order valence-corrected chi connectivity index (χ4v) is 5.12. The Kier molecular flexibility index (Phi) is 14.2. The third kappa shape index (κ3) is 8.57. The van der Waals surface area contributed by atoms with Gasteiger partial charge in [0.1, 0.15) is 0 Å². The second-order valence-corrected chi connectivity index (χ2v) is 11.2. The molecule has 2 aliphatic rings. The molecule has 53 heavy (non-hydrogen) atoms. The van der Waals surface area contributed by atoms with Gasteiger partial charge in [0, 0.05) is 12.4 Å². The molecule has 15 heteroatoms. The molecular weight excluding hydrogens is 755 g/mol. The van der Waals surface area contributed by atoms with Gasteiger partial charge in [0.15, 0.2) is 34.8 Å². The van der Waals surface area contributed by atoms with E-state index in [0.29, 0.717) is 25.7 Å². The Hall–Kier alpha value is -5.17. The zero-order valence-corrected chi connectivity index (χ0v) is 29.1. The number of unbranched alkanes of at least 4 members (excludes halogenated alkanes) is 2. The Morgan fingerprint density at radius 2 is 0.925 bits per heavy atom. The van der Waals surface area contributed by atoms with Crippen molar-refractivity contribution in [1.82, 2.24) is 9.97 Å². The van der Waals surface area contributed by atoms with Crippen LogP contribution >= 0.6 is 0 Å². The number of rotatable bonds is 12. The van der Waals surface area contributed by atoms with Crippen molar-refractivity contribution in [2.45, 2.75) is 39.5 Å². The SMILES string of the molecule is CCCCOc1c(F)c(F)c(C(=C2C=CC=N2)c2ccc[n-]2)c(F)c1F.CCCCOc1c(F)c(F)c(C(=C2C=CC=N2)c2ccc[n-]2)c(F)c1F.[Ni+2]. The first-order valence-corrected chi connectivity index (χ1v) is 16.2. The number of hydrogen-bond donors (Lipinski definition) is 0. The quantitative estimate of drug-likeness (QED) is 0.0621. The van der Waals surface area contributed by atoms with E-state index in [9.17, 15) is 35.1 Å². The van der Waals surface area contributed by atoms with E-state index in [0.717, 1.165) is 0 Å². The number of halogens is 8. The van der Waals surface area contributed by atoms with Gasteiger partial charge in [-0.25, -0.2) is 17.6 Å². The van der Waals surface area contributed by atoms with Crippen molar-refractivity contribution in [2.75, 3.05) is 13.2 Å². The largest absolute Gasteiger partial charge is 2.00 e. The van der Waals surface area contributed by atoms with Crippen molar-refractivity contribution >= 4 is 23.6 Å². The molecule has 2 aromatic heterocycles. The van der Waals surface area contributed by atoms with Crippen LogP contribution in [0.5, 0.6) is 11.5 Å². The number of hydrogen-bond acceptors (Lipinski definition) is 4. The van der Waals surface area contributed by atoms with Crippen LogP contribution in [0.15, 0.2) is 82.3 Å². The van der Waals surface area contributed by atoms with Gasteiger partial charge in [-0.3, -0.25) is 9.98 Å². The number of nitrogens with zero attached hydrogens (tertiary/aromatic N) is 4. The number of allylic oxidation sites excluding steroid dienone is 4. The molecule has 0 amide bonds. The minimum atomic E-state index is -1.58. The first-order chi connectivity index (χ1) is 25.1. The first-order valence-electron chi connectivity index (χ1n) is 16.2. The van der Waals surface area contributed by atoms with Crippen molar-refractivity contribution in [3.8, 4) is 11.5 Å². The van der Waals surface area contributed by atoms with Crippen LogP contribution in [0, 0.1) is 46.5 Å². The van der Waals surface area contributed by atoms with Crippen LogP contribution in [0.2, 0.25) is 0 Å². The van der Waals surface area contributed by atoms with Gasteiger partial charge in [-0.05, 0) is 48.3 Å². The van der Waals surface area contributed by atoms with E-state index in [1.54, 1.807) is 24.3 Å². The normalized spacial score (nSPS) is 14.7. The molecule has 4 heterocycles. The van der Waals surface area contributed by atoms with Crippen LogP contribution in [-0.2, 0) is 16.5 Å². The molecule has 0 aliphatic carbocycles.